The predicted octanol–water partition coefficient (Wildman–Crippen LogP) is 4.83. The predicted molar refractivity (Wildman–Crippen MR) is 101 cm³/mol. The number of rotatable bonds is 4. The number of nitrogens with zero attached hydrogens (tertiary/aromatic N) is 3. The summed E-state index contributed by atoms with van der Waals surface area (Å²) in [5, 5.41) is 3.96. The Morgan fingerprint density at radius 1 is 1.18 bits per heavy atom. The van der Waals surface area contributed by atoms with E-state index in [1.807, 2.05) is 22.6 Å². The number of ether oxygens (including phenoxy) is 1. The molecular weight excluding hydrogens is 369 g/mol. The van der Waals surface area contributed by atoms with Crippen molar-refractivity contribution in [2.75, 3.05) is 12.4 Å². The maximum atomic E-state index is 13.2. The first-order chi connectivity index (χ1) is 13.4. The van der Waals surface area contributed by atoms with Gasteiger partial charge in [-0.15, -0.1) is 0 Å². The summed E-state index contributed by atoms with van der Waals surface area (Å²) in [5.41, 5.74) is 0.990. The SMILES string of the molecule is COc1ccc2c(c1)c(NCc1cccc(C(F)(F)F)c1C)nc1nccn12. The van der Waals surface area contributed by atoms with Gasteiger partial charge in [-0.1, -0.05) is 12.1 Å². The number of halogens is 3. The Labute approximate surface area is 158 Å². The van der Waals surface area contributed by atoms with Gasteiger partial charge in [-0.25, -0.2) is 4.98 Å². The number of imidazole rings is 1. The maximum absolute atomic E-state index is 13.2. The van der Waals surface area contributed by atoms with Crippen LogP contribution in [0.1, 0.15) is 16.7 Å². The molecule has 144 valence electrons. The lowest BCUT2D eigenvalue weighted by Gasteiger charge is -2.16. The second-order valence-corrected chi connectivity index (χ2v) is 6.38. The van der Waals surface area contributed by atoms with Crippen molar-refractivity contribution in [3.05, 3.63) is 65.5 Å². The van der Waals surface area contributed by atoms with Crippen molar-refractivity contribution in [2.24, 2.45) is 0 Å². The zero-order valence-corrected chi connectivity index (χ0v) is 15.2. The molecule has 0 atom stereocenters. The van der Waals surface area contributed by atoms with E-state index in [4.69, 9.17) is 4.74 Å². The number of methoxy groups -OCH3 is 1. The van der Waals surface area contributed by atoms with Crippen molar-refractivity contribution in [2.45, 2.75) is 19.6 Å². The molecule has 0 spiro atoms. The van der Waals surface area contributed by atoms with Gasteiger partial charge in [0.2, 0.25) is 5.78 Å². The van der Waals surface area contributed by atoms with Crippen LogP contribution in [0, 0.1) is 6.92 Å². The molecule has 0 unspecified atom stereocenters. The molecule has 0 saturated heterocycles. The normalized spacial score (nSPS) is 11.9. The van der Waals surface area contributed by atoms with E-state index in [9.17, 15) is 13.2 Å². The summed E-state index contributed by atoms with van der Waals surface area (Å²) in [6.45, 7) is 1.68. The monoisotopic (exact) mass is 386 g/mol. The third-order valence-corrected chi connectivity index (χ3v) is 4.75. The minimum absolute atomic E-state index is 0.200. The van der Waals surface area contributed by atoms with Gasteiger partial charge in [0.05, 0.1) is 18.2 Å². The highest BCUT2D eigenvalue weighted by molar-refractivity contribution is 5.92. The van der Waals surface area contributed by atoms with E-state index in [1.165, 1.54) is 13.0 Å². The fourth-order valence-electron chi connectivity index (χ4n) is 3.26. The highest BCUT2D eigenvalue weighted by atomic mass is 19.4. The third kappa shape index (κ3) is 3.11. The number of fused-ring (bicyclic) bond motifs is 3. The van der Waals surface area contributed by atoms with Gasteiger partial charge in [-0.05, 0) is 42.3 Å². The number of nitrogens with one attached hydrogen (secondary N) is 1. The molecule has 2 aromatic carbocycles. The van der Waals surface area contributed by atoms with Crippen LogP contribution in [0.5, 0.6) is 5.75 Å². The van der Waals surface area contributed by atoms with Crippen LogP contribution in [0.15, 0.2) is 48.8 Å². The summed E-state index contributed by atoms with van der Waals surface area (Å²) in [4.78, 5) is 8.74. The number of anilines is 1. The summed E-state index contributed by atoms with van der Waals surface area (Å²) >= 11 is 0. The molecule has 0 aliphatic carbocycles. The van der Waals surface area contributed by atoms with Crippen LogP contribution in [0.2, 0.25) is 0 Å². The fraction of sp³-hybridized carbons (Fsp3) is 0.200. The molecule has 2 heterocycles. The van der Waals surface area contributed by atoms with Crippen molar-refractivity contribution in [1.82, 2.24) is 14.4 Å². The average molecular weight is 386 g/mol. The molecule has 5 nitrogen and oxygen atoms in total. The number of alkyl halides is 3. The Kier molecular flexibility index (Phi) is 4.33. The molecule has 0 aliphatic rings. The lowest BCUT2D eigenvalue weighted by Crippen LogP contribution is -2.11. The largest absolute Gasteiger partial charge is 0.497 e. The van der Waals surface area contributed by atoms with Gasteiger partial charge in [-0.2, -0.15) is 18.2 Å². The Hall–Kier alpha value is -3.29. The van der Waals surface area contributed by atoms with Crippen LogP contribution in [0.4, 0.5) is 19.0 Å². The quantitative estimate of drug-likeness (QED) is 0.546. The molecular formula is C20H17F3N4O. The van der Waals surface area contributed by atoms with Gasteiger partial charge in [-0.3, -0.25) is 4.40 Å². The Morgan fingerprint density at radius 2 is 2.00 bits per heavy atom. The highest BCUT2D eigenvalue weighted by Crippen LogP contribution is 2.33. The van der Waals surface area contributed by atoms with Crippen LogP contribution in [0.3, 0.4) is 0 Å². The van der Waals surface area contributed by atoms with E-state index < -0.39 is 11.7 Å². The standard InChI is InChI=1S/C20H17F3N4O/c1-12-13(4-3-5-16(12)20(21,22)23)11-25-18-15-10-14(28-2)6-7-17(15)27-9-8-24-19(27)26-18/h3-10H,11H2,1-2H3,(H,24,25,26). The molecule has 0 radical (unpaired) electrons. The number of aromatic nitrogens is 3. The molecule has 28 heavy (non-hydrogen) atoms. The number of benzene rings is 2. The average Bonchev–Trinajstić information content (AvgIpc) is 3.14. The van der Waals surface area contributed by atoms with E-state index in [-0.39, 0.29) is 12.1 Å². The van der Waals surface area contributed by atoms with Crippen molar-refractivity contribution in [3.8, 4) is 5.75 Å². The molecule has 0 saturated carbocycles. The van der Waals surface area contributed by atoms with Crippen molar-refractivity contribution >= 4 is 22.5 Å². The van der Waals surface area contributed by atoms with E-state index in [1.54, 1.807) is 25.6 Å². The Morgan fingerprint density at radius 3 is 2.75 bits per heavy atom. The number of hydrogen-bond donors (Lipinski definition) is 1. The van der Waals surface area contributed by atoms with E-state index in [0.29, 0.717) is 22.9 Å². The van der Waals surface area contributed by atoms with E-state index in [0.717, 1.165) is 17.0 Å². The molecule has 0 bridgehead atoms. The van der Waals surface area contributed by atoms with Gasteiger partial charge in [0.1, 0.15) is 11.6 Å². The second kappa shape index (κ2) is 6.70. The minimum Gasteiger partial charge on any atom is -0.497 e. The zero-order chi connectivity index (χ0) is 19.9. The van der Waals surface area contributed by atoms with Crippen LogP contribution >= 0.6 is 0 Å². The lowest BCUT2D eigenvalue weighted by atomic mass is 10.0. The van der Waals surface area contributed by atoms with Crippen molar-refractivity contribution < 1.29 is 17.9 Å². The maximum Gasteiger partial charge on any atom is 0.416 e. The first-order valence-electron chi connectivity index (χ1n) is 8.59. The molecule has 4 rings (SSSR count). The Bertz CT molecular complexity index is 1170. The summed E-state index contributed by atoms with van der Waals surface area (Å²) < 4.78 is 46.6. The third-order valence-electron chi connectivity index (χ3n) is 4.75. The molecule has 0 fully saturated rings. The summed E-state index contributed by atoms with van der Waals surface area (Å²) in [6, 6.07) is 9.75. The molecule has 4 aromatic rings. The van der Waals surface area contributed by atoms with Crippen LogP contribution < -0.4 is 10.1 Å². The smallest absolute Gasteiger partial charge is 0.416 e. The molecule has 0 aliphatic heterocycles. The van der Waals surface area contributed by atoms with Crippen LogP contribution in [-0.2, 0) is 12.7 Å². The first kappa shape index (κ1) is 18.1. The summed E-state index contributed by atoms with van der Waals surface area (Å²) in [7, 11) is 1.57. The topological polar surface area (TPSA) is 51.5 Å². The van der Waals surface area contributed by atoms with E-state index in [2.05, 4.69) is 15.3 Å². The van der Waals surface area contributed by atoms with Gasteiger partial charge < -0.3 is 10.1 Å². The van der Waals surface area contributed by atoms with Gasteiger partial charge in [0, 0.05) is 24.3 Å². The molecule has 2 aromatic heterocycles. The number of hydrogen-bond acceptors (Lipinski definition) is 4. The van der Waals surface area contributed by atoms with Gasteiger partial charge >= 0.3 is 6.18 Å². The zero-order valence-electron chi connectivity index (χ0n) is 15.2. The second-order valence-electron chi connectivity index (χ2n) is 6.38. The van der Waals surface area contributed by atoms with E-state index >= 15 is 0 Å². The van der Waals surface area contributed by atoms with Crippen LogP contribution in [-0.4, -0.2) is 21.5 Å². The fourth-order valence-corrected chi connectivity index (χ4v) is 3.26. The molecule has 0 amide bonds. The minimum atomic E-state index is -4.38. The molecule has 1 N–H and O–H groups in total. The summed E-state index contributed by atoms with van der Waals surface area (Å²) in [5.74, 6) is 1.69. The highest BCUT2D eigenvalue weighted by Gasteiger charge is 2.32. The Balaban J connectivity index is 1.76. The molecule has 8 heteroatoms. The first-order valence-corrected chi connectivity index (χ1v) is 8.59. The van der Waals surface area contributed by atoms with Crippen molar-refractivity contribution in [3.63, 3.8) is 0 Å². The van der Waals surface area contributed by atoms with Crippen LogP contribution in [0.25, 0.3) is 16.7 Å². The van der Waals surface area contributed by atoms with Crippen molar-refractivity contribution in [1.29, 1.82) is 0 Å². The van der Waals surface area contributed by atoms with Gasteiger partial charge in [0.15, 0.2) is 0 Å². The summed E-state index contributed by atoms with van der Waals surface area (Å²) in [6.07, 6.45) is -0.933. The van der Waals surface area contributed by atoms with Gasteiger partial charge in [0.25, 0.3) is 0 Å². The lowest BCUT2D eigenvalue weighted by molar-refractivity contribution is -0.138.